The Bertz CT molecular complexity index is 379. The number of benzene rings is 1. The number of unbranched alkanes of at least 4 members (excludes halogenated alkanes) is 1. The van der Waals surface area contributed by atoms with Gasteiger partial charge < -0.3 is 14.6 Å². The van der Waals surface area contributed by atoms with Crippen molar-refractivity contribution in [3.8, 4) is 11.5 Å². The zero-order valence-electron chi connectivity index (χ0n) is 9.61. The molecule has 0 atom stereocenters. The molecule has 0 spiro atoms. The number of halogens is 1. The van der Waals surface area contributed by atoms with Crippen molar-refractivity contribution in [3.05, 3.63) is 22.7 Å². The second-order valence-corrected chi connectivity index (χ2v) is 3.84. The Labute approximate surface area is 105 Å². The maximum absolute atomic E-state index is 10.7. The molecule has 0 aliphatic rings. The van der Waals surface area contributed by atoms with Gasteiger partial charge in [0, 0.05) is 12.2 Å². The summed E-state index contributed by atoms with van der Waals surface area (Å²) in [4.78, 5) is 10.7. The molecular formula is C12H15ClO4. The van der Waals surface area contributed by atoms with E-state index in [0.717, 1.165) is 6.42 Å². The summed E-state index contributed by atoms with van der Waals surface area (Å²) >= 11 is 5.99. The highest BCUT2D eigenvalue weighted by Crippen LogP contribution is 2.36. The molecule has 0 bridgehead atoms. The molecule has 0 saturated heterocycles. The smallest absolute Gasteiger partial charge is 0.179 e. The first-order valence-electron chi connectivity index (χ1n) is 5.29. The van der Waals surface area contributed by atoms with Gasteiger partial charge in [-0.1, -0.05) is 11.6 Å². The van der Waals surface area contributed by atoms with Gasteiger partial charge in [-0.25, -0.2) is 0 Å². The number of ether oxygens (including phenoxy) is 2. The standard InChI is InChI=1S/C12H15ClO4/c1-16-11-7-9(8-15)6-10(13)12(11)17-5-3-2-4-14/h6-8,14H,2-5H2,1H3. The summed E-state index contributed by atoms with van der Waals surface area (Å²) in [7, 11) is 1.49. The molecule has 94 valence electrons. The van der Waals surface area contributed by atoms with Crippen LogP contribution in [0.25, 0.3) is 0 Å². The van der Waals surface area contributed by atoms with E-state index >= 15 is 0 Å². The number of carbonyl (C=O) groups excluding carboxylic acids is 1. The monoisotopic (exact) mass is 258 g/mol. The minimum absolute atomic E-state index is 0.137. The van der Waals surface area contributed by atoms with Crippen molar-refractivity contribution >= 4 is 17.9 Å². The quantitative estimate of drug-likeness (QED) is 0.602. The minimum Gasteiger partial charge on any atom is -0.493 e. The second kappa shape index (κ2) is 7.14. The van der Waals surface area contributed by atoms with Gasteiger partial charge in [0.05, 0.1) is 18.7 Å². The van der Waals surface area contributed by atoms with Crippen LogP contribution in [0.4, 0.5) is 0 Å². The summed E-state index contributed by atoms with van der Waals surface area (Å²) < 4.78 is 10.6. The Morgan fingerprint density at radius 2 is 2.18 bits per heavy atom. The van der Waals surface area contributed by atoms with Gasteiger partial charge in [-0.2, -0.15) is 0 Å². The van der Waals surface area contributed by atoms with Crippen molar-refractivity contribution in [1.29, 1.82) is 0 Å². The van der Waals surface area contributed by atoms with Crippen molar-refractivity contribution in [1.82, 2.24) is 0 Å². The van der Waals surface area contributed by atoms with E-state index in [1.165, 1.54) is 13.2 Å². The molecule has 1 N–H and O–H groups in total. The number of aliphatic hydroxyl groups is 1. The number of hydrogen-bond acceptors (Lipinski definition) is 4. The Morgan fingerprint density at radius 3 is 2.76 bits per heavy atom. The summed E-state index contributed by atoms with van der Waals surface area (Å²) in [6.07, 6.45) is 2.10. The fraction of sp³-hybridized carbons (Fsp3) is 0.417. The van der Waals surface area contributed by atoms with Crippen LogP contribution >= 0.6 is 11.6 Å². The Hall–Kier alpha value is -1.26. The van der Waals surface area contributed by atoms with Gasteiger partial charge in [0.2, 0.25) is 0 Å². The summed E-state index contributed by atoms with van der Waals surface area (Å²) in [6.45, 7) is 0.579. The van der Waals surface area contributed by atoms with E-state index in [-0.39, 0.29) is 6.61 Å². The third kappa shape index (κ3) is 3.91. The van der Waals surface area contributed by atoms with Crippen LogP contribution in [0.3, 0.4) is 0 Å². The molecule has 17 heavy (non-hydrogen) atoms. The Kier molecular flexibility index (Phi) is 5.80. The molecule has 5 heteroatoms. The molecule has 0 aliphatic heterocycles. The zero-order chi connectivity index (χ0) is 12.7. The molecule has 0 fully saturated rings. The van der Waals surface area contributed by atoms with Crippen LogP contribution in [0.2, 0.25) is 5.02 Å². The van der Waals surface area contributed by atoms with Gasteiger partial charge in [-0.3, -0.25) is 4.79 Å². The lowest BCUT2D eigenvalue weighted by Gasteiger charge is -2.12. The minimum atomic E-state index is 0.137. The highest BCUT2D eigenvalue weighted by molar-refractivity contribution is 6.32. The predicted molar refractivity (Wildman–Crippen MR) is 65.2 cm³/mol. The number of rotatable bonds is 7. The SMILES string of the molecule is COc1cc(C=O)cc(Cl)c1OCCCCO. The van der Waals surface area contributed by atoms with Crippen LogP contribution in [0, 0.1) is 0 Å². The topological polar surface area (TPSA) is 55.8 Å². The zero-order valence-corrected chi connectivity index (χ0v) is 10.4. The van der Waals surface area contributed by atoms with E-state index in [1.54, 1.807) is 6.07 Å². The van der Waals surface area contributed by atoms with E-state index < -0.39 is 0 Å². The van der Waals surface area contributed by atoms with E-state index in [4.69, 9.17) is 26.2 Å². The van der Waals surface area contributed by atoms with Crippen LogP contribution in [-0.4, -0.2) is 31.7 Å². The summed E-state index contributed by atoms with van der Waals surface area (Å²) in [5, 5.41) is 8.98. The van der Waals surface area contributed by atoms with E-state index in [9.17, 15) is 4.79 Å². The van der Waals surface area contributed by atoms with Gasteiger partial charge in [0.1, 0.15) is 6.29 Å². The molecule has 0 heterocycles. The molecule has 4 nitrogen and oxygen atoms in total. The summed E-state index contributed by atoms with van der Waals surface area (Å²) in [5.74, 6) is 0.862. The van der Waals surface area contributed by atoms with Gasteiger partial charge >= 0.3 is 0 Å². The number of hydrogen-bond donors (Lipinski definition) is 1. The van der Waals surface area contributed by atoms with Crippen LogP contribution in [0.15, 0.2) is 12.1 Å². The Morgan fingerprint density at radius 1 is 1.41 bits per heavy atom. The van der Waals surface area contributed by atoms with Gasteiger partial charge in [0.25, 0.3) is 0 Å². The van der Waals surface area contributed by atoms with Crippen LogP contribution < -0.4 is 9.47 Å². The summed E-state index contributed by atoms with van der Waals surface area (Å²) in [6, 6.07) is 3.10. The molecule has 0 radical (unpaired) electrons. The average Bonchev–Trinajstić information content (AvgIpc) is 2.35. The van der Waals surface area contributed by atoms with E-state index in [2.05, 4.69) is 0 Å². The van der Waals surface area contributed by atoms with Crippen molar-refractivity contribution in [2.45, 2.75) is 12.8 Å². The van der Waals surface area contributed by atoms with Crippen molar-refractivity contribution < 1.29 is 19.4 Å². The largest absolute Gasteiger partial charge is 0.493 e. The third-order valence-corrected chi connectivity index (χ3v) is 2.47. The number of aldehydes is 1. The number of carbonyl (C=O) groups is 1. The van der Waals surface area contributed by atoms with Crippen LogP contribution in [0.5, 0.6) is 11.5 Å². The normalized spacial score (nSPS) is 10.1. The maximum Gasteiger partial charge on any atom is 0.179 e. The first kappa shape index (κ1) is 13.8. The second-order valence-electron chi connectivity index (χ2n) is 3.43. The van der Waals surface area contributed by atoms with Crippen molar-refractivity contribution in [2.75, 3.05) is 20.3 Å². The predicted octanol–water partition coefficient (Wildman–Crippen LogP) is 2.31. The molecule has 0 amide bonds. The molecule has 1 rings (SSSR count). The summed E-state index contributed by atoms with van der Waals surface area (Å²) in [5.41, 5.74) is 0.439. The molecule has 1 aromatic carbocycles. The molecule has 1 aromatic rings. The molecular weight excluding hydrogens is 244 g/mol. The first-order valence-corrected chi connectivity index (χ1v) is 5.67. The average molecular weight is 259 g/mol. The lowest BCUT2D eigenvalue weighted by atomic mass is 10.2. The molecule has 0 unspecified atom stereocenters. The highest BCUT2D eigenvalue weighted by Gasteiger charge is 2.11. The fourth-order valence-corrected chi connectivity index (χ4v) is 1.61. The van der Waals surface area contributed by atoms with E-state index in [1.807, 2.05) is 0 Å². The molecule has 0 aliphatic carbocycles. The lowest BCUT2D eigenvalue weighted by molar-refractivity contribution is 0.112. The van der Waals surface area contributed by atoms with Crippen molar-refractivity contribution in [2.24, 2.45) is 0 Å². The molecule has 0 aromatic heterocycles. The van der Waals surface area contributed by atoms with E-state index in [0.29, 0.717) is 41.4 Å². The van der Waals surface area contributed by atoms with Crippen LogP contribution in [-0.2, 0) is 0 Å². The third-order valence-electron chi connectivity index (χ3n) is 2.19. The number of methoxy groups -OCH3 is 1. The van der Waals surface area contributed by atoms with Crippen LogP contribution in [0.1, 0.15) is 23.2 Å². The molecule has 0 saturated carbocycles. The Balaban J connectivity index is 2.79. The van der Waals surface area contributed by atoms with Gasteiger partial charge in [-0.05, 0) is 25.0 Å². The maximum atomic E-state index is 10.7. The first-order chi connectivity index (χ1) is 8.22. The van der Waals surface area contributed by atoms with Gasteiger partial charge in [0.15, 0.2) is 11.5 Å². The number of aliphatic hydroxyl groups excluding tert-OH is 1. The fourth-order valence-electron chi connectivity index (χ4n) is 1.34. The van der Waals surface area contributed by atoms with Gasteiger partial charge in [-0.15, -0.1) is 0 Å². The highest BCUT2D eigenvalue weighted by atomic mass is 35.5. The van der Waals surface area contributed by atoms with Crippen molar-refractivity contribution in [3.63, 3.8) is 0 Å². The lowest BCUT2D eigenvalue weighted by Crippen LogP contribution is -2.01.